The van der Waals surface area contributed by atoms with Crippen LogP contribution in [0.25, 0.3) is 11.4 Å². The van der Waals surface area contributed by atoms with Crippen LogP contribution in [-0.2, 0) is 16.1 Å². The Bertz CT molecular complexity index is 1380. The third kappa shape index (κ3) is 6.23. The fraction of sp³-hybridized carbons (Fsp3) is 0.296. The Morgan fingerprint density at radius 2 is 1.84 bits per heavy atom. The van der Waals surface area contributed by atoms with Crippen molar-refractivity contribution in [2.45, 2.75) is 45.8 Å². The number of ether oxygens (including phenoxy) is 1. The van der Waals surface area contributed by atoms with E-state index in [1.54, 1.807) is 36.4 Å². The van der Waals surface area contributed by atoms with E-state index in [2.05, 4.69) is 20.7 Å². The summed E-state index contributed by atoms with van der Waals surface area (Å²) >= 11 is 0. The maximum absolute atomic E-state index is 13.9. The Labute approximate surface area is 219 Å². The van der Waals surface area contributed by atoms with Crippen molar-refractivity contribution in [2.75, 3.05) is 11.5 Å². The molecule has 2 aromatic heterocycles. The molecule has 38 heavy (non-hydrogen) atoms. The number of rotatable bonds is 9. The van der Waals surface area contributed by atoms with E-state index in [9.17, 15) is 14.0 Å². The van der Waals surface area contributed by atoms with Crippen LogP contribution in [0, 0.1) is 5.82 Å². The fourth-order valence-corrected chi connectivity index (χ4v) is 3.83. The summed E-state index contributed by atoms with van der Waals surface area (Å²) in [5, 5.41) is 15.2. The number of carbonyl (C=O) groups excluding carboxylic acids is 2. The summed E-state index contributed by atoms with van der Waals surface area (Å²) in [6.45, 7) is 7.39. The van der Waals surface area contributed by atoms with Crippen LogP contribution in [0.1, 0.15) is 39.5 Å². The van der Waals surface area contributed by atoms with Crippen molar-refractivity contribution in [2.24, 2.45) is 0 Å². The SMILES string of the molecule is CCOc1ccccc1N(C(=O)Cn1nnc(-c2ccc(F)cc2)n1)[C@H](C(=O)NC(C)(C)C)c1ccco1. The van der Waals surface area contributed by atoms with Crippen LogP contribution in [0.2, 0.25) is 0 Å². The Morgan fingerprint density at radius 3 is 2.50 bits per heavy atom. The number of amides is 2. The first-order valence-corrected chi connectivity index (χ1v) is 12.1. The largest absolute Gasteiger partial charge is 0.492 e. The number of tetrazole rings is 1. The first-order valence-electron chi connectivity index (χ1n) is 12.1. The second kappa shape index (κ2) is 11.2. The molecule has 0 aliphatic rings. The zero-order valence-corrected chi connectivity index (χ0v) is 21.6. The van der Waals surface area contributed by atoms with Gasteiger partial charge in [0.15, 0.2) is 6.04 Å². The quantitative estimate of drug-likeness (QED) is 0.352. The molecule has 0 spiro atoms. The van der Waals surface area contributed by atoms with Gasteiger partial charge in [-0.05, 0) is 81.4 Å². The number of benzene rings is 2. The standard InChI is InChI=1S/C27H29FN6O4/c1-5-37-21-10-7-6-9-20(21)34(24(22-11-8-16-38-22)26(36)29-27(2,3)4)23(35)17-33-31-25(30-32-33)18-12-14-19(28)15-13-18/h6-16,24H,5,17H2,1-4H3,(H,29,36)/t24-/m0/s1. The highest BCUT2D eigenvalue weighted by atomic mass is 19.1. The second-order valence-electron chi connectivity index (χ2n) is 9.47. The zero-order valence-electron chi connectivity index (χ0n) is 21.6. The number of aromatic nitrogens is 4. The van der Waals surface area contributed by atoms with Gasteiger partial charge in [0.25, 0.3) is 11.8 Å². The molecule has 0 aliphatic carbocycles. The van der Waals surface area contributed by atoms with Crippen molar-refractivity contribution in [3.63, 3.8) is 0 Å². The van der Waals surface area contributed by atoms with Crippen molar-refractivity contribution in [3.8, 4) is 17.1 Å². The number of hydrogen-bond donors (Lipinski definition) is 1. The molecule has 4 rings (SSSR count). The lowest BCUT2D eigenvalue weighted by Crippen LogP contribution is -2.50. The van der Waals surface area contributed by atoms with Gasteiger partial charge in [-0.2, -0.15) is 4.80 Å². The van der Waals surface area contributed by atoms with Gasteiger partial charge in [-0.1, -0.05) is 12.1 Å². The first-order chi connectivity index (χ1) is 18.2. The van der Waals surface area contributed by atoms with Crippen molar-refractivity contribution in [1.29, 1.82) is 0 Å². The molecule has 2 amide bonds. The molecule has 0 saturated carbocycles. The van der Waals surface area contributed by atoms with E-state index in [1.807, 2.05) is 27.7 Å². The molecule has 10 nitrogen and oxygen atoms in total. The van der Waals surface area contributed by atoms with Gasteiger partial charge < -0.3 is 14.5 Å². The third-order valence-electron chi connectivity index (χ3n) is 5.34. The summed E-state index contributed by atoms with van der Waals surface area (Å²) in [6.07, 6.45) is 1.44. The average molecular weight is 521 g/mol. The van der Waals surface area contributed by atoms with E-state index < -0.39 is 29.2 Å². The number of anilines is 1. The lowest BCUT2D eigenvalue weighted by atomic mass is 10.1. The number of furan rings is 1. The van der Waals surface area contributed by atoms with Gasteiger partial charge in [0, 0.05) is 11.1 Å². The number of hydrogen-bond acceptors (Lipinski definition) is 7. The van der Waals surface area contributed by atoms with Gasteiger partial charge in [-0.25, -0.2) is 4.39 Å². The lowest BCUT2D eigenvalue weighted by molar-refractivity contribution is -0.128. The number of halogens is 1. The molecule has 11 heteroatoms. The van der Waals surface area contributed by atoms with Gasteiger partial charge in [0.2, 0.25) is 5.82 Å². The van der Waals surface area contributed by atoms with Crippen molar-refractivity contribution >= 4 is 17.5 Å². The molecule has 1 N–H and O–H groups in total. The summed E-state index contributed by atoms with van der Waals surface area (Å²) in [4.78, 5) is 30.0. The van der Waals surface area contributed by atoms with Crippen LogP contribution in [0.15, 0.2) is 71.3 Å². The van der Waals surface area contributed by atoms with Crippen molar-refractivity contribution in [3.05, 3.63) is 78.5 Å². The smallest absolute Gasteiger partial charge is 0.251 e. The summed E-state index contributed by atoms with van der Waals surface area (Å²) in [5.41, 5.74) is 0.346. The normalized spacial score (nSPS) is 12.1. The molecule has 198 valence electrons. The maximum Gasteiger partial charge on any atom is 0.251 e. The second-order valence-corrected chi connectivity index (χ2v) is 9.47. The van der Waals surface area contributed by atoms with Crippen LogP contribution >= 0.6 is 0 Å². The van der Waals surface area contributed by atoms with Crippen LogP contribution in [0.3, 0.4) is 0 Å². The first kappa shape index (κ1) is 26.5. The molecular formula is C27H29FN6O4. The molecule has 4 aromatic rings. The summed E-state index contributed by atoms with van der Waals surface area (Å²) in [7, 11) is 0. The van der Waals surface area contributed by atoms with E-state index >= 15 is 0 Å². The molecule has 2 aromatic carbocycles. The zero-order chi connectivity index (χ0) is 27.3. The van der Waals surface area contributed by atoms with Gasteiger partial charge in [-0.15, -0.1) is 10.2 Å². The lowest BCUT2D eigenvalue weighted by Gasteiger charge is -2.33. The molecule has 0 radical (unpaired) electrons. The highest BCUT2D eigenvalue weighted by Gasteiger charge is 2.38. The Balaban J connectivity index is 1.74. The summed E-state index contributed by atoms with van der Waals surface area (Å²) in [5.74, 6) is -0.423. The van der Waals surface area contributed by atoms with Crippen molar-refractivity contribution in [1.82, 2.24) is 25.5 Å². The molecule has 0 aliphatic heterocycles. The van der Waals surface area contributed by atoms with Gasteiger partial charge >= 0.3 is 0 Å². The maximum atomic E-state index is 13.9. The van der Waals surface area contributed by atoms with Crippen LogP contribution in [-0.4, -0.2) is 44.2 Å². The molecule has 2 heterocycles. The molecule has 1 atom stereocenters. The van der Waals surface area contributed by atoms with E-state index in [0.29, 0.717) is 23.6 Å². The summed E-state index contributed by atoms with van der Waals surface area (Å²) < 4.78 is 24.7. The number of nitrogens with one attached hydrogen (secondary N) is 1. The van der Waals surface area contributed by atoms with E-state index in [-0.39, 0.29) is 18.1 Å². The van der Waals surface area contributed by atoms with Gasteiger partial charge in [0.05, 0.1) is 18.6 Å². The number of nitrogens with zero attached hydrogens (tertiary/aromatic N) is 5. The Hall–Kier alpha value is -4.54. The average Bonchev–Trinajstić information content (AvgIpc) is 3.55. The van der Waals surface area contributed by atoms with Crippen LogP contribution < -0.4 is 15.0 Å². The molecule has 0 fully saturated rings. The van der Waals surface area contributed by atoms with Crippen molar-refractivity contribution < 1.29 is 23.1 Å². The monoisotopic (exact) mass is 520 g/mol. The molecule has 0 bridgehead atoms. The highest BCUT2D eigenvalue weighted by Crippen LogP contribution is 2.35. The summed E-state index contributed by atoms with van der Waals surface area (Å²) in [6, 6.07) is 14.7. The third-order valence-corrected chi connectivity index (χ3v) is 5.34. The predicted molar refractivity (Wildman–Crippen MR) is 138 cm³/mol. The fourth-order valence-electron chi connectivity index (χ4n) is 3.83. The van der Waals surface area contributed by atoms with E-state index in [1.165, 1.54) is 35.4 Å². The number of para-hydroxylation sites is 2. The minimum Gasteiger partial charge on any atom is -0.492 e. The Morgan fingerprint density at radius 1 is 1.11 bits per heavy atom. The van der Waals surface area contributed by atoms with E-state index in [4.69, 9.17) is 9.15 Å². The topological polar surface area (TPSA) is 115 Å². The van der Waals surface area contributed by atoms with Gasteiger partial charge in [0.1, 0.15) is 23.9 Å². The highest BCUT2D eigenvalue weighted by molar-refractivity contribution is 6.02. The van der Waals surface area contributed by atoms with Gasteiger partial charge in [-0.3, -0.25) is 14.5 Å². The minimum absolute atomic E-state index is 0.229. The molecule has 0 saturated heterocycles. The van der Waals surface area contributed by atoms with E-state index in [0.717, 1.165) is 4.80 Å². The predicted octanol–water partition coefficient (Wildman–Crippen LogP) is 4.16. The minimum atomic E-state index is -1.15. The molecular weight excluding hydrogens is 491 g/mol. The number of carbonyl (C=O) groups is 2. The molecule has 0 unspecified atom stereocenters. The Kier molecular flexibility index (Phi) is 7.85. The van der Waals surface area contributed by atoms with Crippen LogP contribution in [0.4, 0.5) is 10.1 Å². The van der Waals surface area contributed by atoms with Crippen LogP contribution in [0.5, 0.6) is 5.75 Å².